The minimum atomic E-state index is 0.918. The molecule has 1 nitrogen and oxygen atoms in total. The van der Waals surface area contributed by atoms with Crippen molar-refractivity contribution in [2.45, 2.75) is 6.42 Å². The Morgan fingerprint density at radius 2 is 1.50 bits per heavy atom. The summed E-state index contributed by atoms with van der Waals surface area (Å²) in [5, 5.41) is 3.42. The SMILES string of the molecule is C(=C\c1ccccc1)/CNCCc1ccccc1. The number of benzene rings is 2. The maximum Gasteiger partial charge on any atom is 0.0138 e. The van der Waals surface area contributed by atoms with E-state index in [0.29, 0.717) is 0 Å². The van der Waals surface area contributed by atoms with Gasteiger partial charge in [-0.05, 0) is 24.1 Å². The molecule has 0 spiro atoms. The number of hydrogen-bond acceptors (Lipinski definition) is 1. The van der Waals surface area contributed by atoms with Crippen LogP contribution in [0.1, 0.15) is 11.1 Å². The molecule has 0 fully saturated rings. The van der Waals surface area contributed by atoms with E-state index < -0.39 is 0 Å². The Morgan fingerprint density at radius 3 is 2.22 bits per heavy atom. The highest BCUT2D eigenvalue weighted by atomic mass is 14.8. The van der Waals surface area contributed by atoms with Crippen LogP contribution in [0.15, 0.2) is 66.7 Å². The first kappa shape index (κ1) is 12.6. The van der Waals surface area contributed by atoms with E-state index in [2.05, 4.69) is 72.1 Å². The molecule has 0 saturated carbocycles. The quantitative estimate of drug-likeness (QED) is 0.758. The summed E-state index contributed by atoms with van der Waals surface area (Å²) in [7, 11) is 0. The predicted molar refractivity (Wildman–Crippen MR) is 78.5 cm³/mol. The molecule has 0 unspecified atom stereocenters. The summed E-state index contributed by atoms with van der Waals surface area (Å²) < 4.78 is 0. The van der Waals surface area contributed by atoms with Gasteiger partial charge >= 0.3 is 0 Å². The van der Waals surface area contributed by atoms with Gasteiger partial charge in [-0.2, -0.15) is 0 Å². The Hall–Kier alpha value is -1.86. The summed E-state index contributed by atoms with van der Waals surface area (Å²) in [5.74, 6) is 0. The first-order chi connectivity index (χ1) is 8.95. The van der Waals surface area contributed by atoms with Crippen molar-refractivity contribution in [2.24, 2.45) is 0 Å². The highest BCUT2D eigenvalue weighted by Crippen LogP contribution is 2.00. The summed E-state index contributed by atoms with van der Waals surface area (Å²) >= 11 is 0. The minimum absolute atomic E-state index is 0.918. The van der Waals surface area contributed by atoms with Crippen molar-refractivity contribution in [1.29, 1.82) is 0 Å². The zero-order valence-corrected chi connectivity index (χ0v) is 10.5. The van der Waals surface area contributed by atoms with E-state index in [-0.39, 0.29) is 0 Å². The van der Waals surface area contributed by atoms with Gasteiger partial charge in [-0.25, -0.2) is 0 Å². The fraction of sp³-hybridized carbons (Fsp3) is 0.176. The molecule has 1 heteroatoms. The predicted octanol–water partition coefficient (Wildman–Crippen LogP) is 3.53. The molecule has 0 radical (unpaired) electrons. The van der Waals surface area contributed by atoms with Crippen LogP contribution in [0.5, 0.6) is 0 Å². The van der Waals surface area contributed by atoms with Crippen molar-refractivity contribution in [1.82, 2.24) is 5.32 Å². The first-order valence-electron chi connectivity index (χ1n) is 6.41. The highest BCUT2D eigenvalue weighted by molar-refractivity contribution is 5.48. The zero-order chi connectivity index (χ0) is 12.5. The molecular weight excluding hydrogens is 218 g/mol. The second kappa shape index (κ2) is 7.46. The van der Waals surface area contributed by atoms with Gasteiger partial charge < -0.3 is 5.32 Å². The standard InChI is InChI=1S/C17H19N/c1-3-8-16(9-4-1)12-7-14-18-15-13-17-10-5-2-6-11-17/h1-12,18H,13-15H2/b12-7+. The van der Waals surface area contributed by atoms with E-state index in [4.69, 9.17) is 0 Å². The van der Waals surface area contributed by atoms with Crippen molar-refractivity contribution < 1.29 is 0 Å². The molecule has 2 aromatic rings. The molecule has 1 N–H and O–H groups in total. The van der Waals surface area contributed by atoms with E-state index in [1.165, 1.54) is 11.1 Å². The Labute approximate surface area is 109 Å². The fourth-order valence-electron chi connectivity index (χ4n) is 1.82. The number of hydrogen-bond donors (Lipinski definition) is 1. The van der Waals surface area contributed by atoms with Gasteiger partial charge in [-0.1, -0.05) is 72.8 Å². The third-order valence-electron chi connectivity index (χ3n) is 2.81. The number of rotatable bonds is 6. The van der Waals surface area contributed by atoms with E-state index in [9.17, 15) is 0 Å². The number of nitrogens with one attached hydrogen (secondary N) is 1. The van der Waals surface area contributed by atoms with Crippen molar-refractivity contribution in [2.75, 3.05) is 13.1 Å². The Kier molecular flexibility index (Phi) is 5.22. The molecular formula is C17H19N. The van der Waals surface area contributed by atoms with Gasteiger partial charge in [0.1, 0.15) is 0 Å². The third-order valence-corrected chi connectivity index (χ3v) is 2.81. The normalized spacial score (nSPS) is 10.9. The topological polar surface area (TPSA) is 12.0 Å². The molecule has 18 heavy (non-hydrogen) atoms. The Morgan fingerprint density at radius 1 is 0.833 bits per heavy atom. The second-order valence-electron chi connectivity index (χ2n) is 4.25. The Balaban J connectivity index is 1.63. The van der Waals surface area contributed by atoms with Crippen LogP contribution in [0.2, 0.25) is 0 Å². The molecule has 0 amide bonds. The second-order valence-corrected chi connectivity index (χ2v) is 4.25. The maximum atomic E-state index is 3.42. The van der Waals surface area contributed by atoms with Gasteiger partial charge in [0.05, 0.1) is 0 Å². The maximum absolute atomic E-state index is 3.42. The lowest BCUT2D eigenvalue weighted by atomic mass is 10.1. The summed E-state index contributed by atoms with van der Waals surface area (Å²) in [6.07, 6.45) is 5.40. The van der Waals surface area contributed by atoms with Crippen LogP contribution in [0, 0.1) is 0 Å². The van der Waals surface area contributed by atoms with Gasteiger partial charge in [0.25, 0.3) is 0 Å². The fourth-order valence-corrected chi connectivity index (χ4v) is 1.82. The monoisotopic (exact) mass is 237 g/mol. The largest absolute Gasteiger partial charge is 0.313 e. The zero-order valence-electron chi connectivity index (χ0n) is 10.5. The molecule has 0 heterocycles. The molecule has 2 rings (SSSR count). The van der Waals surface area contributed by atoms with Gasteiger partial charge in [-0.15, -0.1) is 0 Å². The lowest BCUT2D eigenvalue weighted by Crippen LogP contribution is -2.16. The molecule has 92 valence electrons. The summed E-state index contributed by atoms with van der Waals surface area (Å²) in [6.45, 7) is 1.94. The van der Waals surface area contributed by atoms with Crippen molar-refractivity contribution in [3.63, 3.8) is 0 Å². The highest BCUT2D eigenvalue weighted by Gasteiger charge is 1.89. The molecule has 2 aromatic carbocycles. The lowest BCUT2D eigenvalue weighted by Gasteiger charge is -2.01. The smallest absolute Gasteiger partial charge is 0.0138 e. The average Bonchev–Trinajstić information content (AvgIpc) is 2.45. The van der Waals surface area contributed by atoms with E-state index in [0.717, 1.165) is 19.5 Å². The summed E-state index contributed by atoms with van der Waals surface area (Å²) in [5.41, 5.74) is 2.64. The molecule has 0 atom stereocenters. The minimum Gasteiger partial charge on any atom is -0.313 e. The molecule has 0 aliphatic heterocycles. The molecule has 0 aliphatic rings. The van der Waals surface area contributed by atoms with Crippen LogP contribution in [-0.2, 0) is 6.42 Å². The van der Waals surface area contributed by atoms with Crippen molar-refractivity contribution >= 4 is 6.08 Å². The molecule has 0 aromatic heterocycles. The summed E-state index contributed by atoms with van der Waals surface area (Å²) in [6, 6.07) is 20.9. The van der Waals surface area contributed by atoms with Gasteiger partial charge in [0.2, 0.25) is 0 Å². The van der Waals surface area contributed by atoms with Crippen LogP contribution in [-0.4, -0.2) is 13.1 Å². The van der Waals surface area contributed by atoms with Crippen LogP contribution >= 0.6 is 0 Å². The van der Waals surface area contributed by atoms with E-state index in [1.807, 2.05) is 6.07 Å². The van der Waals surface area contributed by atoms with Crippen molar-refractivity contribution in [3.8, 4) is 0 Å². The van der Waals surface area contributed by atoms with E-state index >= 15 is 0 Å². The van der Waals surface area contributed by atoms with Crippen LogP contribution in [0.3, 0.4) is 0 Å². The average molecular weight is 237 g/mol. The van der Waals surface area contributed by atoms with Gasteiger partial charge in [0, 0.05) is 6.54 Å². The van der Waals surface area contributed by atoms with Crippen molar-refractivity contribution in [3.05, 3.63) is 77.9 Å². The molecule has 0 aliphatic carbocycles. The lowest BCUT2D eigenvalue weighted by molar-refractivity contribution is 0.745. The van der Waals surface area contributed by atoms with Crippen LogP contribution in [0.25, 0.3) is 6.08 Å². The first-order valence-corrected chi connectivity index (χ1v) is 6.41. The summed E-state index contributed by atoms with van der Waals surface area (Å²) in [4.78, 5) is 0. The Bertz CT molecular complexity index is 459. The van der Waals surface area contributed by atoms with Gasteiger partial charge in [-0.3, -0.25) is 0 Å². The van der Waals surface area contributed by atoms with E-state index in [1.54, 1.807) is 0 Å². The third kappa shape index (κ3) is 4.56. The molecule has 0 bridgehead atoms. The van der Waals surface area contributed by atoms with Crippen LogP contribution in [0.4, 0.5) is 0 Å². The van der Waals surface area contributed by atoms with Crippen LogP contribution < -0.4 is 5.32 Å². The van der Waals surface area contributed by atoms with Gasteiger partial charge in [0.15, 0.2) is 0 Å². The molecule has 0 saturated heterocycles.